The first-order valence-electron chi connectivity index (χ1n) is 5.99. The van der Waals surface area contributed by atoms with Gasteiger partial charge in [-0.05, 0) is 30.5 Å². The van der Waals surface area contributed by atoms with E-state index in [0.29, 0.717) is 5.92 Å². The monoisotopic (exact) mass is 272 g/mol. The molecule has 0 saturated heterocycles. The summed E-state index contributed by atoms with van der Waals surface area (Å²) in [6.45, 7) is 7.38. The summed E-state index contributed by atoms with van der Waals surface area (Å²) in [5.41, 5.74) is 1.25. The summed E-state index contributed by atoms with van der Waals surface area (Å²) in [5.74, 6) is 1.22. The van der Waals surface area contributed by atoms with E-state index in [1.54, 1.807) is 6.92 Å². The Hall–Kier alpha value is -0.830. The zero-order valence-electron chi connectivity index (χ0n) is 11.3. The molecule has 2 unspecified atom stereocenters. The van der Waals surface area contributed by atoms with Crippen LogP contribution in [0.3, 0.4) is 0 Å². The van der Waals surface area contributed by atoms with Crippen molar-refractivity contribution in [2.24, 2.45) is 0 Å². The molecule has 0 fully saturated rings. The lowest BCUT2D eigenvalue weighted by atomic mass is 10.0. The molecular formula is C13H21O4P. The van der Waals surface area contributed by atoms with Gasteiger partial charge in [-0.3, -0.25) is 4.57 Å². The van der Waals surface area contributed by atoms with E-state index in [2.05, 4.69) is 13.8 Å². The maximum absolute atomic E-state index is 11.0. The second kappa shape index (κ2) is 6.37. The topological polar surface area (TPSA) is 55.8 Å². The van der Waals surface area contributed by atoms with Crippen LogP contribution in [0.2, 0.25) is 0 Å². The fourth-order valence-corrected chi connectivity index (χ4v) is 2.26. The highest BCUT2D eigenvalue weighted by Crippen LogP contribution is 2.38. The van der Waals surface area contributed by atoms with Crippen LogP contribution in [0.5, 0.6) is 5.75 Å². The Morgan fingerprint density at radius 1 is 1.22 bits per heavy atom. The second-order valence-corrected chi connectivity index (χ2v) is 6.57. The van der Waals surface area contributed by atoms with Gasteiger partial charge in [0.15, 0.2) is 0 Å². The third kappa shape index (κ3) is 5.67. The largest absolute Gasteiger partial charge is 0.491 e. The van der Waals surface area contributed by atoms with E-state index in [1.165, 1.54) is 12.2 Å². The molecule has 0 aliphatic carbocycles. The first-order valence-corrected chi connectivity index (χ1v) is 8.02. The van der Waals surface area contributed by atoms with Crippen LogP contribution in [0.1, 0.15) is 32.3 Å². The highest BCUT2D eigenvalue weighted by molar-refractivity contribution is 7.51. The molecule has 0 aromatic heterocycles. The molecule has 0 bridgehead atoms. The first-order chi connectivity index (χ1) is 8.28. The van der Waals surface area contributed by atoms with Gasteiger partial charge in [-0.25, -0.2) is 0 Å². The minimum absolute atomic E-state index is 0.249. The molecule has 18 heavy (non-hydrogen) atoms. The van der Waals surface area contributed by atoms with Crippen molar-refractivity contribution in [1.29, 1.82) is 0 Å². The highest BCUT2D eigenvalue weighted by atomic mass is 31.2. The van der Waals surface area contributed by atoms with Gasteiger partial charge in [0.2, 0.25) is 0 Å². The molecule has 1 rings (SSSR count). The number of ether oxygens (including phenoxy) is 1. The van der Waals surface area contributed by atoms with Gasteiger partial charge in [-0.15, -0.1) is 0 Å². The lowest BCUT2D eigenvalue weighted by Crippen LogP contribution is -2.16. The van der Waals surface area contributed by atoms with Gasteiger partial charge in [0.1, 0.15) is 12.4 Å². The van der Waals surface area contributed by atoms with Crippen LogP contribution in [0.25, 0.3) is 0 Å². The van der Waals surface area contributed by atoms with E-state index in [9.17, 15) is 4.57 Å². The molecule has 4 nitrogen and oxygen atoms in total. The molecule has 2 atom stereocenters. The normalized spacial score (nSPS) is 16.3. The molecule has 1 aromatic carbocycles. The molecule has 0 amide bonds. The number of rotatable bonds is 6. The highest BCUT2D eigenvalue weighted by Gasteiger charge is 2.15. The number of benzene rings is 1. The predicted molar refractivity (Wildman–Crippen MR) is 72.3 cm³/mol. The molecule has 0 radical (unpaired) electrons. The van der Waals surface area contributed by atoms with Crippen molar-refractivity contribution in [1.82, 2.24) is 0 Å². The first kappa shape index (κ1) is 15.2. The molecule has 0 spiro atoms. The summed E-state index contributed by atoms with van der Waals surface area (Å²) in [6.07, 6.45) is -0.421. The average molecular weight is 272 g/mol. The Morgan fingerprint density at radius 2 is 1.78 bits per heavy atom. The standard InChI is InChI=1S/C13H21O4P/c1-10(2)12-5-7-13(8-6-12)16-9-11(3)17-18(4,14)15/h5-8,10-11H,9H2,1-4H3,(H,14,15). The molecule has 0 aliphatic heterocycles. The predicted octanol–water partition coefficient (Wildman–Crippen LogP) is 3.41. The van der Waals surface area contributed by atoms with Crippen LogP contribution in [0, 0.1) is 0 Å². The fourth-order valence-electron chi connectivity index (χ4n) is 1.53. The zero-order valence-corrected chi connectivity index (χ0v) is 12.2. The van der Waals surface area contributed by atoms with Gasteiger partial charge in [0, 0.05) is 6.66 Å². The third-order valence-corrected chi connectivity index (χ3v) is 3.16. The van der Waals surface area contributed by atoms with Crippen molar-refractivity contribution in [3.63, 3.8) is 0 Å². The van der Waals surface area contributed by atoms with E-state index in [0.717, 1.165) is 5.75 Å². The van der Waals surface area contributed by atoms with Crippen molar-refractivity contribution >= 4 is 7.60 Å². The minimum Gasteiger partial charge on any atom is -0.491 e. The average Bonchev–Trinajstić information content (AvgIpc) is 2.24. The Kier molecular flexibility index (Phi) is 5.39. The maximum Gasteiger partial charge on any atom is 0.325 e. The molecule has 1 aromatic rings. The summed E-state index contributed by atoms with van der Waals surface area (Å²) in [5, 5.41) is 0. The lowest BCUT2D eigenvalue weighted by Gasteiger charge is -2.16. The number of hydrogen-bond acceptors (Lipinski definition) is 3. The molecule has 0 saturated carbocycles. The van der Waals surface area contributed by atoms with Gasteiger partial charge in [-0.2, -0.15) is 0 Å². The molecule has 102 valence electrons. The second-order valence-electron chi connectivity index (χ2n) is 4.75. The Labute approximate surface area is 108 Å². The van der Waals surface area contributed by atoms with Crippen LogP contribution in [0.4, 0.5) is 0 Å². The van der Waals surface area contributed by atoms with Gasteiger partial charge in [0.05, 0.1) is 6.10 Å². The van der Waals surface area contributed by atoms with Crippen molar-refractivity contribution in [3.05, 3.63) is 29.8 Å². The summed E-state index contributed by atoms with van der Waals surface area (Å²) in [7, 11) is -3.44. The van der Waals surface area contributed by atoms with Gasteiger partial charge in [0.25, 0.3) is 0 Å². The SMILES string of the molecule is CC(COc1ccc(C(C)C)cc1)OP(C)(=O)O. The summed E-state index contributed by atoms with van der Waals surface area (Å²) >= 11 is 0. The maximum atomic E-state index is 11.0. The zero-order chi connectivity index (χ0) is 13.8. The quantitative estimate of drug-likeness (QED) is 0.806. The lowest BCUT2D eigenvalue weighted by molar-refractivity contribution is 0.129. The van der Waals surface area contributed by atoms with E-state index in [-0.39, 0.29) is 6.61 Å². The Bertz CT molecular complexity index is 408. The van der Waals surface area contributed by atoms with Gasteiger partial charge in [-0.1, -0.05) is 26.0 Å². The van der Waals surface area contributed by atoms with Crippen LogP contribution >= 0.6 is 7.60 Å². The van der Waals surface area contributed by atoms with E-state index >= 15 is 0 Å². The van der Waals surface area contributed by atoms with Gasteiger partial charge >= 0.3 is 7.60 Å². The van der Waals surface area contributed by atoms with Crippen molar-refractivity contribution in [2.75, 3.05) is 13.3 Å². The smallest absolute Gasteiger partial charge is 0.325 e. The van der Waals surface area contributed by atoms with Gasteiger partial charge < -0.3 is 14.2 Å². The van der Waals surface area contributed by atoms with Crippen LogP contribution < -0.4 is 4.74 Å². The summed E-state index contributed by atoms with van der Waals surface area (Å²) in [4.78, 5) is 9.06. The molecule has 5 heteroatoms. The summed E-state index contributed by atoms with van der Waals surface area (Å²) < 4.78 is 21.4. The fraction of sp³-hybridized carbons (Fsp3) is 0.538. The molecule has 0 aliphatic rings. The van der Waals surface area contributed by atoms with Crippen LogP contribution in [-0.2, 0) is 9.09 Å². The Balaban J connectivity index is 2.46. The van der Waals surface area contributed by atoms with Crippen molar-refractivity contribution in [3.8, 4) is 5.75 Å². The van der Waals surface area contributed by atoms with Crippen LogP contribution in [0.15, 0.2) is 24.3 Å². The minimum atomic E-state index is -3.44. The third-order valence-electron chi connectivity index (χ3n) is 2.41. The van der Waals surface area contributed by atoms with Crippen LogP contribution in [-0.4, -0.2) is 24.3 Å². The molecule has 1 N–H and O–H groups in total. The molecular weight excluding hydrogens is 251 g/mol. The van der Waals surface area contributed by atoms with E-state index in [1.807, 2.05) is 24.3 Å². The molecule has 0 heterocycles. The number of hydrogen-bond donors (Lipinski definition) is 1. The van der Waals surface area contributed by atoms with E-state index in [4.69, 9.17) is 14.2 Å². The van der Waals surface area contributed by atoms with Crippen molar-refractivity contribution < 1.29 is 18.7 Å². The van der Waals surface area contributed by atoms with Crippen molar-refractivity contribution in [2.45, 2.75) is 32.8 Å². The summed E-state index contributed by atoms with van der Waals surface area (Å²) in [6, 6.07) is 7.82. The van der Waals surface area contributed by atoms with E-state index < -0.39 is 13.7 Å². The Morgan fingerprint density at radius 3 is 2.22 bits per heavy atom.